The van der Waals surface area contributed by atoms with Gasteiger partial charge in [0.25, 0.3) is 0 Å². The number of likely N-dealkylation sites (N-methyl/N-ethyl adjacent to an activating group) is 1. The number of aliphatic carboxylic acids is 1. The SMILES string of the molecule is CN1CCN(C(=O)CSCC(=O)O)C(C)(C)C1=O. The Morgan fingerprint density at radius 3 is 2.50 bits per heavy atom. The monoisotopic (exact) mass is 274 g/mol. The van der Waals surface area contributed by atoms with Crippen LogP contribution in [0.5, 0.6) is 0 Å². The number of rotatable bonds is 4. The number of nitrogens with zero attached hydrogens (tertiary/aromatic N) is 2. The average Bonchev–Trinajstić information content (AvgIpc) is 2.25. The number of carboxylic acid groups (broad SMARTS) is 1. The number of piperazine rings is 1. The first kappa shape index (κ1) is 14.8. The highest BCUT2D eigenvalue weighted by atomic mass is 32.2. The Balaban J connectivity index is 2.62. The van der Waals surface area contributed by atoms with Gasteiger partial charge in [0.1, 0.15) is 5.54 Å². The van der Waals surface area contributed by atoms with Crippen molar-refractivity contribution in [3.63, 3.8) is 0 Å². The van der Waals surface area contributed by atoms with Gasteiger partial charge in [-0.05, 0) is 13.8 Å². The second-order valence-electron chi connectivity index (χ2n) is 4.72. The van der Waals surface area contributed by atoms with Crippen LogP contribution in [-0.2, 0) is 14.4 Å². The lowest BCUT2D eigenvalue weighted by Gasteiger charge is -2.44. The van der Waals surface area contributed by atoms with Crippen molar-refractivity contribution in [2.24, 2.45) is 0 Å². The zero-order valence-corrected chi connectivity index (χ0v) is 11.6. The molecule has 0 aliphatic carbocycles. The van der Waals surface area contributed by atoms with E-state index in [-0.39, 0.29) is 23.3 Å². The van der Waals surface area contributed by atoms with Crippen molar-refractivity contribution in [1.82, 2.24) is 9.80 Å². The van der Waals surface area contributed by atoms with E-state index in [2.05, 4.69) is 0 Å². The predicted molar refractivity (Wildman–Crippen MR) is 68.4 cm³/mol. The molecule has 2 amide bonds. The molecule has 0 saturated carbocycles. The Labute approximate surface area is 110 Å². The maximum Gasteiger partial charge on any atom is 0.313 e. The first-order valence-corrected chi connectivity index (χ1v) is 6.78. The molecule has 1 aliphatic heterocycles. The summed E-state index contributed by atoms with van der Waals surface area (Å²) >= 11 is 1.05. The summed E-state index contributed by atoms with van der Waals surface area (Å²) in [4.78, 5) is 37.5. The summed E-state index contributed by atoms with van der Waals surface area (Å²) < 4.78 is 0. The van der Waals surface area contributed by atoms with Gasteiger partial charge in [0.05, 0.1) is 11.5 Å². The van der Waals surface area contributed by atoms with Crippen LogP contribution in [0.15, 0.2) is 0 Å². The first-order valence-electron chi connectivity index (χ1n) is 5.62. The lowest BCUT2D eigenvalue weighted by atomic mass is 9.98. The number of thioether (sulfide) groups is 1. The van der Waals surface area contributed by atoms with Crippen LogP contribution in [0.4, 0.5) is 0 Å². The molecule has 1 rings (SSSR count). The fourth-order valence-electron chi connectivity index (χ4n) is 1.95. The van der Waals surface area contributed by atoms with Gasteiger partial charge < -0.3 is 14.9 Å². The van der Waals surface area contributed by atoms with Gasteiger partial charge in [-0.15, -0.1) is 11.8 Å². The molecule has 102 valence electrons. The van der Waals surface area contributed by atoms with Gasteiger partial charge in [-0.2, -0.15) is 0 Å². The van der Waals surface area contributed by atoms with Gasteiger partial charge in [-0.3, -0.25) is 14.4 Å². The third kappa shape index (κ3) is 3.16. The number of carbonyl (C=O) groups excluding carboxylic acids is 2. The second kappa shape index (κ2) is 5.60. The van der Waals surface area contributed by atoms with Crippen LogP contribution >= 0.6 is 11.8 Å². The maximum atomic E-state index is 12.0. The smallest absolute Gasteiger partial charge is 0.313 e. The van der Waals surface area contributed by atoms with Crippen molar-refractivity contribution in [3.8, 4) is 0 Å². The molecule has 1 saturated heterocycles. The molecule has 0 bridgehead atoms. The van der Waals surface area contributed by atoms with Crippen molar-refractivity contribution in [2.45, 2.75) is 19.4 Å². The normalized spacial score (nSPS) is 18.9. The molecule has 18 heavy (non-hydrogen) atoms. The standard InChI is InChI=1S/C11H18N2O4S/c1-11(2)10(17)12(3)4-5-13(11)8(14)6-18-7-9(15)16/h4-7H2,1-3H3,(H,15,16). The minimum atomic E-state index is -0.943. The average molecular weight is 274 g/mol. The molecule has 0 aromatic heterocycles. The zero-order valence-electron chi connectivity index (χ0n) is 10.8. The lowest BCUT2D eigenvalue weighted by molar-refractivity contribution is -0.155. The fraction of sp³-hybridized carbons (Fsp3) is 0.727. The van der Waals surface area contributed by atoms with Crippen LogP contribution in [0.25, 0.3) is 0 Å². The summed E-state index contributed by atoms with van der Waals surface area (Å²) in [6, 6.07) is 0. The van der Waals surface area contributed by atoms with Crippen LogP contribution in [-0.4, -0.2) is 69.9 Å². The van der Waals surface area contributed by atoms with E-state index in [1.54, 1.807) is 25.8 Å². The summed E-state index contributed by atoms with van der Waals surface area (Å²) in [7, 11) is 1.71. The quantitative estimate of drug-likeness (QED) is 0.773. The number of hydrogen-bond donors (Lipinski definition) is 1. The summed E-state index contributed by atoms with van der Waals surface area (Å²) in [6.45, 7) is 4.43. The van der Waals surface area contributed by atoms with Gasteiger partial charge in [0.2, 0.25) is 11.8 Å². The summed E-state index contributed by atoms with van der Waals surface area (Å²) in [5, 5.41) is 8.51. The molecule has 1 N–H and O–H groups in total. The van der Waals surface area contributed by atoms with E-state index >= 15 is 0 Å². The molecule has 0 radical (unpaired) electrons. The minimum Gasteiger partial charge on any atom is -0.481 e. The van der Waals surface area contributed by atoms with E-state index in [0.29, 0.717) is 13.1 Å². The molecule has 7 heteroatoms. The summed E-state index contributed by atoms with van der Waals surface area (Å²) in [6.07, 6.45) is 0. The van der Waals surface area contributed by atoms with Crippen molar-refractivity contribution in [3.05, 3.63) is 0 Å². The Hall–Kier alpha value is -1.24. The molecule has 6 nitrogen and oxygen atoms in total. The number of amides is 2. The fourth-order valence-corrected chi connectivity index (χ4v) is 2.56. The highest BCUT2D eigenvalue weighted by molar-refractivity contribution is 8.00. The van der Waals surface area contributed by atoms with Gasteiger partial charge in [-0.25, -0.2) is 0 Å². The molecule has 1 aliphatic rings. The van der Waals surface area contributed by atoms with Crippen molar-refractivity contribution in [2.75, 3.05) is 31.6 Å². The molecule has 1 heterocycles. The topological polar surface area (TPSA) is 77.9 Å². The van der Waals surface area contributed by atoms with Gasteiger partial charge in [-0.1, -0.05) is 0 Å². The molecule has 0 aromatic carbocycles. The van der Waals surface area contributed by atoms with Crippen molar-refractivity contribution in [1.29, 1.82) is 0 Å². The van der Waals surface area contributed by atoms with Crippen molar-refractivity contribution < 1.29 is 19.5 Å². The van der Waals surface area contributed by atoms with Crippen molar-refractivity contribution >= 4 is 29.5 Å². The van der Waals surface area contributed by atoms with E-state index in [1.807, 2.05) is 0 Å². The molecular formula is C11H18N2O4S. The predicted octanol–water partition coefficient (Wildman–Crippen LogP) is -0.117. The third-order valence-electron chi connectivity index (χ3n) is 2.96. The number of carboxylic acids is 1. The van der Waals surface area contributed by atoms with Crippen LogP contribution in [0.2, 0.25) is 0 Å². The number of hydrogen-bond acceptors (Lipinski definition) is 4. The third-order valence-corrected chi connectivity index (χ3v) is 3.86. The molecule has 0 atom stereocenters. The van der Waals surface area contributed by atoms with Crippen LogP contribution < -0.4 is 0 Å². The minimum absolute atomic E-state index is 0.0900. The van der Waals surface area contributed by atoms with E-state index in [4.69, 9.17) is 5.11 Å². The van der Waals surface area contributed by atoms with Gasteiger partial charge in [0, 0.05) is 20.1 Å². The molecule has 0 unspecified atom stereocenters. The van der Waals surface area contributed by atoms with E-state index in [9.17, 15) is 14.4 Å². The summed E-state index contributed by atoms with van der Waals surface area (Å²) in [5.41, 5.74) is -0.853. The Morgan fingerprint density at radius 1 is 1.33 bits per heavy atom. The van der Waals surface area contributed by atoms with Crippen LogP contribution in [0, 0.1) is 0 Å². The molecule has 0 aromatic rings. The first-order chi connectivity index (χ1) is 8.26. The lowest BCUT2D eigenvalue weighted by Crippen LogP contribution is -2.64. The molecule has 1 fully saturated rings. The highest BCUT2D eigenvalue weighted by Gasteiger charge is 2.42. The highest BCUT2D eigenvalue weighted by Crippen LogP contribution is 2.22. The number of carbonyl (C=O) groups is 3. The Bertz CT molecular complexity index is 370. The summed E-state index contributed by atoms with van der Waals surface area (Å²) in [5.74, 6) is -1.24. The largest absolute Gasteiger partial charge is 0.481 e. The van der Waals surface area contributed by atoms with Gasteiger partial charge >= 0.3 is 5.97 Å². The zero-order chi connectivity index (χ0) is 13.9. The van der Waals surface area contributed by atoms with Crippen LogP contribution in [0.3, 0.4) is 0 Å². The van der Waals surface area contributed by atoms with E-state index < -0.39 is 11.5 Å². The van der Waals surface area contributed by atoms with E-state index in [1.165, 1.54) is 4.90 Å². The Kier molecular flexibility index (Phi) is 4.61. The Morgan fingerprint density at radius 2 is 1.94 bits per heavy atom. The second-order valence-corrected chi connectivity index (χ2v) is 5.70. The molecule has 0 spiro atoms. The maximum absolute atomic E-state index is 12.0. The van der Waals surface area contributed by atoms with Crippen LogP contribution in [0.1, 0.15) is 13.8 Å². The molecular weight excluding hydrogens is 256 g/mol. The van der Waals surface area contributed by atoms with E-state index in [0.717, 1.165) is 11.8 Å². The van der Waals surface area contributed by atoms with Gasteiger partial charge in [0.15, 0.2) is 0 Å².